The number of hydrogen-bond acceptors (Lipinski definition) is 6. The molecule has 0 aliphatic heterocycles. The van der Waals surface area contributed by atoms with Crippen LogP contribution < -0.4 is 15.4 Å². The van der Waals surface area contributed by atoms with Gasteiger partial charge in [0.15, 0.2) is 0 Å². The van der Waals surface area contributed by atoms with Crippen LogP contribution in [0.4, 0.5) is 4.79 Å². The summed E-state index contributed by atoms with van der Waals surface area (Å²) in [5.41, 5.74) is 0.420. The van der Waals surface area contributed by atoms with Crippen molar-refractivity contribution in [3.8, 4) is 5.75 Å². The average Bonchev–Trinajstić information content (AvgIpc) is 3.13. The van der Waals surface area contributed by atoms with Gasteiger partial charge in [0.05, 0.1) is 25.5 Å². The number of furan rings is 1. The summed E-state index contributed by atoms with van der Waals surface area (Å²) in [6.07, 6.45) is 0.515. The normalized spacial score (nSPS) is 13.6. The molecule has 0 fully saturated rings. The molecule has 7 nitrogen and oxygen atoms in total. The van der Waals surface area contributed by atoms with E-state index in [-0.39, 0.29) is 0 Å². The van der Waals surface area contributed by atoms with E-state index in [4.69, 9.17) is 13.9 Å². The molecule has 28 heavy (non-hydrogen) atoms. The second-order valence-electron chi connectivity index (χ2n) is 7.59. The van der Waals surface area contributed by atoms with Gasteiger partial charge in [0.2, 0.25) is 0 Å². The number of hydrogen-bond donors (Lipinski definition) is 3. The predicted octanol–water partition coefficient (Wildman–Crippen LogP) is 2.87. The zero-order chi connectivity index (χ0) is 20.6. The van der Waals surface area contributed by atoms with Gasteiger partial charge in [-0.3, -0.25) is 0 Å². The fourth-order valence-corrected chi connectivity index (χ4v) is 2.68. The highest BCUT2D eigenvalue weighted by Crippen LogP contribution is 2.13. The fourth-order valence-electron chi connectivity index (χ4n) is 2.68. The van der Waals surface area contributed by atoms with Crippen molar-refractivity contribution in [1.82, 2.24) is 10.6 Å². The largest absolute Gasteiger partial charge is 0.497 e. The van der Waals surface area contributed by atoms with Crippen molar-refractivity contribution in [2.45, 2.75) is 51.5 Å². The van der Waals surface area contributed by atoms with E-state index in [9.17, 15) is 9.90 Å². The van der Waals surface area contributed by atoms with Crippen LogP contribution >= 0.6 is 0 Å². The Morgan fingerprint density at radius 1 is 1.25 bits per heavy atom. The first-order valence-corrected chi connectivity index (χ1v) is 9.30. The van der Waals surface area contributed by atoms with Crippen LogP contribution in [-0.4, -0.2) is 42.6 Å². The summed E-state index contributed by atoms with van der Waals surface area (Å²) < 4.78 is 15.9. The third kappa shape index (κ3) is 7.62. The number of benzene rings is 1. The Morgan fingerprint density at radius 2 is 2.04 bits per heavy atom. The SMILES string of the molecule is COc1cccc(CNC[C@@H](O)[C@H](Cc2ccco2)NC(=O)OC(C)(C)C)c1. The molecule has 7 heteroatoms. The summed E-state index contributed by atoms with van der Waals surface area (Å²) in [5.74, 6) is 1.45. The summed E-state index contributed by atoms with van der Waals surface area (Å²) in [7, 11) is 1.62. The van der Waals surface area contributed by atoms with Gasteiger partial charge in [0.25, 0.3) is 0 Å². The molecule has 1 amide bonds. The summed E-state index contributed by atoms with van der Waals surface area (Å²) in [6.45, 7) is 6.23. The number of amides is 1. The molecule has 3 N–H and O–H groups in total. The lowest BCUT2D eigenvalue weighted by atomic mass is 10.1. The number of methoxy groups -OCH3 is 1. The molecule has 0 bridgehead atoms. The van der Waals surface area contributed by atoms with Crippen LogP contribution in [0.1, 0.15) is 32.1 Å². The Bertz CT molecular complexity index is 725. The summed E-state index contributed by atoms with van der Waals surface area (Å²) in [4.78, 5) is 12.2. The van der Waals surface area contributed by atoms with Crippen molar-refractivity contribution in [1.29, 1.82) is 0 Å². The molecule has 0 spiro atoms. The van der Waals surface area contributed by atoms with E-state index >= 15 is 0 Å². The van der Waals surface area contributed by atoms with Gasteiger partial charge in [0, 0.05) is 19.5 Å². The van der Waals surface area contributed by atoms with Crippen LogP contribution in [0.3, 0.4) is 0 Å². The molecule has 1 aromatic heterocycles. The predicted molar refractivity (Wildman–Crippen MR) is 106 cm³/mol. The highest BCUT2D eigenvalue weighted by Gasteiger charge is 2.25. The summed E-state index contributed by atoms with van der Waals surface area (Å²) in [5, 5.41) is 16.6. The average molecular weight is 390 g/mol. The maximum absolute atomic E-state index is 12.2. The van der Waals surface area contributed by atoms with Crippen LogP contribution in [0.15, 0.2) is 47.1 Å². The van der Waals surface area contributed by atoms with Crippen LogP contribution in [0.25, 0.3) is 0 Å². The number of ether oxygens (including phenoxy) is 2. The zero-order valence-electron chi connectivity index (χ0n) is 16.9. The molecule has 0 saturated heterocycles. The number of nitrogens with one attached hydrogen (secondary N) is 2. The Kier molecular flexibility index (Phi) is 7.90. The minimum atomic E-state index is -0.830. The molecule has 0 unspecified atom stereocenters. The molecule has 0 aliphatic rings. The van der Waals surface area contributed by atoms with Crippen molar-refractivity contribution in [2.75, 3.05) is 13.7 Å². The molecule has 154 valence electrons. The molecule has 0 radical (unpaired) electrons. The number of aliphatic hydroxyl groups is 1. The molecular formula is C21H30N2O5. The Morgan fingerprint density at radius 3 is 2.68 bits per heavy atom. The lowest BCUT2D eigenvalue weighted by Gasteiger charge is -2.26. The van der Waals surface area contributed by atoms with Crippen molar-refractivity contribution in [2.24, 2.45) is 0 Å². The fraction of sp³-hybridized carbons (Fsp3) is 0.476. The van der Waals surface area contributed by atoms with Crippen molar-refractivity contribution >= 4 is 6.09 Å². The number of rotatable bonds is 9. The van der Waals surface area contributed by atoms with Crippen molar-refractivity contribution in [3.05, 3.63) is 54.0 Å². The van der Waals surface area contributed by atoms with E-state index in [0.29, 0.717) is 25.3 Å². The first-order valence-electron chi connectivity index (χ1n) is 9.30. The topological polar surface area (TPSA) is 93.0 Å². The standard InChI is InChI=1S/C21H30N2O5/c1-21(2,3)28-20(25)23-18(12-17-9-6-10-27-17)19(24)14-22-13-15-7-5-8-16(11-15)26-4/h5-11,18-19,22,24H,12-14H2,1-4H3,(H,23,25)/t18-,19+/m0/s1. The lowest BCUT2D eigenvalue weighted by Crippen LogP contribution is -2.49. The Hall–Kier alpha value is -2.51. The van der Waals surface area contributed by atoms with Gasteiger partial charge >= 0.3 is 6.09 Å². The molecule has 0 aliphatic carbocycles. The maximum Gasteiger partial charge on any atom is 0.407 e. The van der Waals surface area contributed by atoms with Crippen molar-refractivity contribution in [3.63, 3.8) is 0 Å². The van der Waals surface area contributed by atoms with Gasteiger partial charge in [0.1, 0.15) is 17.1 Å². The zero-order valence-corrected chi connectivity index (χ0v) is 16.9. The smallest absolute Gasteiger partial charge is 0.407 e. The van der Waals surface area contributed by atoms with Crippen molar-refractivity contribution < 1.29 is 23.8 Å². The monoisotopic (exact) mass is 390 g/mol. The maximum atomic E-state index is 12.2. The summed E-state index contributed by atoms with van der Waals surface area (Å²) in [6, 6.07) is 10.7. The lowest BCUT2D eigenvalue weighted by molar-refractivity contribution is 0.0418. The molecule has 0 saturated carbocycles. The number of aliphatic hydroxyl groups excluding tert-OH is 1. The van der Waals surface area contributed by atoms with Gasteiger partial charge in [-0.05, 0) is 50.6 Å². The van der Waals surface area contributed by atoms with Gasteiger partial charge in [-0.15, -0.1) is 0 Å². The van der Waals surface area contributed by atoms with Gasteiger partial charge in [-0.1, -0.05) is 12.1 Å². The quantitative estimate of drug-likeness (QED) is 0.610. The summed E-state index contributed by atoms with van der Waals surface area (Å²) >= 11 is 0. The second-order valence-corrected chi connectivity index (χ2v) is 7.59. The molecule has 1 heterocycles. The van der Waals surface area contributed by atoms with Crippen LogP contribution in [0, 0.1) is 0 Å². The first kappa shape index (κ1) is 21.8. The van der Waals surface area contributed by atoms with E-state index in [0.717, 1.165) is 11.3 Å². The minimum Gasteiger partial charge on any atom is -0.497 e. The molecule has 2 atom stereocenters. The van der Waals surface area contributed by atoms with Crippen LogP contribution in [0.5, 0.6) is 5.75 Å². The minimum absolute atomic E-state index is 0.290. The number of carbonyl (C=O) groups is 1. The van der Waals surface area contributed by atoms with E-state index in [1.807, 2.05) is 24.3 Å². The van der Waals surface area contributed by atoms with Crippen LogP contribution in [0.2, 0.25) is 0 Å². The molecular weight excluding hydrogens is 360 g/mol. The Balaban J connectivity index is 1.93. The second kappa shape index (κ2) is 10.1. The van der Waals surface area contributed by atoms with Gasteiger partial charge in [-0.2, -0.15) is 0 Å². The third-order valence-electron chi connectivity index (χ3n) is 3.98. The highest BCUT2D eigenvalue weighted by atomic mass is 16.6. The first-order chi connectivity index (χ1) is 13.3. The Labute approximate surface area is 166 Å². The van der Waals surface area contributed by atoms with E-state index in [2.05, 4.69) is 10.6 Å². The van der Waals surface area contributed by atoms with Gasteiger partial charge in [-0.25, -0.2) is 4.79 Å². The highest BCUT2D eigenvalue weighted by molar-refractivity contribution is 5.68. The van der Waals surface area contributed by atoms with E-state index in [1.54, 1.807) is 46.3 Å². The molecule has 2 aromatic rings. The van der Waals surface area contributed by atoms with Gasteiger partial charge < -0.3 is 29.6 Å². The number of alkyl carbamates (subject to hydrolysis) is 1. The number of carbonyl (C=O) groups excluding carboxylic acids is 1. The third-order valence-corrected chi connectivity index (χ3v) is 3.98. The molecule has 2 rings (SSSR count). The van der Waals surface area contributed by atoms with E-state index < -0.39 is 23.8 Å². The molecule has 1 aromatic carbocycles. The van der Waals surface area contributed by atoms with Crippen LogP contribution in [-0.2, 0) is 17.7 Å². The van der Waals surface area contributed by atoms with E-state index in [1.165, 1.54) is 0 Å².